The lowest BCUT2D eigenvalue weighted by molar-refractivity contribution is -0.174. The maximum Gasteiger partial charge on any atom is 0.411 e. The Bertz CT molecular complexity index is 948. The molecule has 0 aromatic carbocycles. The van der Waals surface area contributed by atoms with Crippen LogP contribution in [-0.4, -0.2) is 49.5 Å². The van der Waals surface area contributed by atoms with E-state index in [0.717, 1.165) is 57.8 Å². The van der Waals surface area contributed by atoms with Crippen LogP contribution in [0.15, 0.2) is 0 Å². The fourth-order valence-corrected chi connectivity index (χ4v) is 8.41. The second-order valence-electron chi connectivity index (χ2n) is 12.1. The van der Waals surface area contributed by atoms with Crippen LogP contribution in [0.3, 0.4) is 0 Å². The van der Waals surface area contributed by atoms with E-state index in [4.69, 9.17) is 14.0 Å². The van der Waals surface area contributed by atoms with Crippen LogP contribution in [0.5, 0.6) is 0 Å². The maximum atomic E-state index is 13.2. The molecule has 4 aliphatic rings. The summed E-state index contributed by atoms with van der Waals surface area (Å²) in [6.07, 6.45) is 4.17. The monoisotopic (exact) mass is 538 g/mol. The van der Waals surface area contributed by atoms with Crippen LogP contribution in [0.25, 0.3) is 0 Å². The number of hydrogen-bond donors (Lipinski definition) is 1. The van der Waals surface area contributed by atoms with Crippen molar-refractivity contribution in [2.24, 2.45) is 34.5 Å². The normalized spacial score (nSPS) is 37.6. The van der Waals surface area contributed by atoms with E-state index in [1.165, 1.54) is 0 Å². The lowest BCUT2D eigenvalue weighted by atomic mass is 9.58. The third-order valence-corrected chi connectivity index (χ3v) is 10.2. The summed E-state index contributed by atoms with van der Waals surface area (Å²) in [4.78, 5) is 26.3. The molecule has 4 bridgehead atoms. The molecule has 0 aromatic heterocycles. The Morgan fingerprint density at radius 3 is 2.08 bits per heavy atom. The van der Waals surface area contributed by atoms with E-state index in [1.54, 1.807) is 0 Å². The van der Waals surface area contributed by atoms with Gasteiger partial charge in [0.1, 0.15) is 6.61 Å². The van der Waals surface area contributed by atoms with E-state index >= 15 is 0 Å². The Hall–Kier alpha value is -1.36. The molecule has 1 N–H and O–H groups in total. The van der Waals surface area contributed by atoms with E-state index < -0.39 is 45.0 Å². The molecule has 206 valence electrons. The number of ether oxygens (including phenoxy) is 2. The van der Waals surface area contributed by atoms with E-state index in [0.29, 0.717) is 31.1 Å². The standard InChI is InChI=1S/C25H37F3O7S/c1-16-8-17-4-2-6-23(10-16,11-17)21(29)34-14-19-9-18-5-3-7-24(12-18,13-19)22(30)35-15-20(25(26,27)28)36(31,32)33/h16-20H,2-15H2,1H3,(H,31,32,33). The van der Waals surface area contributed by atoms with Gasteiger partial charge in [0.15, 0.2) is 0 Å². The van der Waals surface area contributed by atoms with Crippen molar-refractivity contribution in [2.75, 3.05) is 13.2 Å². The maximum absolute atomic E-state index is 13.2. The third-order valence-electron chi connectivity index (χ3n) is 9.12. The van der Waals surface area contributed by atoms with Crippen LogP contribution >= 0.6 is 0 Å². The zero-order chi connectivity index (χ0) is 26.4. The van der Waals surface area contributed by atoms with Crippen LogP contribution in [0.1, 0.15) is 84.0 Å². The lowest BCUT2D eigenvalue weighted by Crippen LogP contribution is -2.47. The highest BCUT2D eigenvalue weighted by Gasteiger charge is 2.53. The number of rotatable bonds is 7. The van der Waals surface area contributed by atoms with Gasteiger partial charge in [0, 0.05) is 0 Å². The number of halogens is 3. The predicted octanol–water partition coefficient (Wildman–Crippen LogP) is 5.08. The van der Waals surface area contributed by atoms with Crippen molar-refractivity contribution in [1.82, 2.24) is 0 Å². The molecule has 0 radical (unpaired) electrons. The molecule has 0 heterocycles. The fraction of sp³-hybridized carbons (Fsp3) is 0.920. The average Bonchev–Trinajstić information content (AvgIpc) is 2.75. The van der Waals surface area contributed by atoms with Crippen molar-refractivity contribution >= 4 is 22.1 Å². The summed E-state index contributed by atoms with van der Waals surface area (Å²) >= 11 is 0. The van der Waals surface area contributed by atoms with Crippen LogP contribution < -0.4 is 0 Å². The van der Waals surface area contributed by atoms with Gasteiger partial charge in [-0.15, -0.1) is 0 Å². The lowest BCUT2D eigenvalue weighted by Gasteiger charge is -2.47. The fourth-order valence-electron chi connectivity index (χ4n) is 7.84. The topological polar surface area (TPSA) is 107 Å². The van der Waals surface area contributed by atoms with Gasteiger partial charge in [0.2, 0.25) is 5.25 Å². The summed E-state index contributed by atoms with van der Waals surface area (Å²) in [7, 11) is -5.48. The van der Waals surface area contributed by atoms with Crippen LogP contribution in [0.4, 0.5) is 13.2 Å². The Balaban J connectivity index is 1.39. The summed E-state index contributed by atoms with van der Waals surface area (Å²) in [6.45, 7) is 0.874. The first-order chi connectivity index (χ1) is 16.7. The molecule has 0 spiro atoms. The summed E-state index contributed by atoms with van der Waals surface area (Å²) in [5.41, 5.74) is -1.45. The quantitative estimate of drug-likeness (QED) is 0.356. The minimum Gasteiger partial charge on any atom is -0.465 e. The molecule has 7 unspecified atom stereocenters. The Morgan fingerprint density at radius 2 is 1.50 bits per heavy atom. The number of alkyl halides is 3. The minimum absolute atomic E-state index is 0.114. The van der Waals surface area contributed by atoms with Crippen molar-refractivity contribution in [1.29, 1.82) is 0 Å². The van der Waals surface area contributed by atoms with Gasteiger partial charge in [0.05, 0.1) is 17.4 Å². The SMILES string of the molecule is CC1CC2CCCC(C(=O)OCC3CC4CCCC(C(=O)OCC(C(F)(F)F)S(=O)(=O)O)(C4)C3)(C1)C2. The van der Waals surface area contributed by atoms with Crippen LogP contribution in [0.2, 0.25) is 0 Å². The van der Waals surface area contributed by atoms with Crippen LogP contribution in [-0.2, 0) is 29.2 Å². The van der Waals surface area contributed by atoms with Crippen molar-refractivity contribution in [3.63, 3.8) is 0 Å². The molecule has 0 aliphatic heterocycles. The smallest absolute Gasteiger partial charge is 0.411 e. The van der Waals surface area contributed by atoms with Gasteiger partial charge in [-0.05, 0) is 75.0 Å². The first-order valence-corrected chi connectivity index (χ1v) is 14.6. The zero-order valence-corrected chi connectivity index (χ0v) is 21.5. The Morgan fingerprint density at radius 1 is 0.944 bits per heavy atom. The van der Waals surface area contributed by atoms with Gasteiger partial charge in [-0.3, -0.25) is 14.1 Å². The van der Waals surface area contributed by atoms with Gasteiger partial charge < -0.3 is 9.47 Å². The summed E-state index contributed by atoms with van der Waals surface area (Å²) in [5.74, 6) is 0.0635. The van der Waals surface area contributed by atoms with Gasteiger partial charge in [0.25, 0.3) is 10.1 Å². The first kappa shape index (κ1) is 27.7. The molecule has 0 amide bonds. The molecule has 11 heteroatoms. The molecule has 4 fully saturated rings. The highest BCUT2D eigenvalue weighted by molar-refractivity contribution is 7.86. The van der Waals surface area contributed by atoms with Gasteiger partial charge in [-0.2, -0.15) is 21.6 Å². The van der Waals surface area contributed by atoms with E-state index in [-0.39, 0.29) is 24.4 Å². The van der Waals surface area contributed by atoms with Gasteiger partial charge in [-0.1, -0.05) is 32.6 Å². The molecule has 7 nitrogen and oxygen atoms in total. The average molecular weight is 539 g/mol. The number of esters is 2. The van der Waals surface area contributed by atoms with Crippen molar-refractivity contribution < 1.29 is 45.2 Å². The third kappa shape index (κ3) is 5.87. The van der Waals surface area contributed by atoms with Gasteiger partial charge in [-0.25, -0.2) is 0 Å². The molecule has 4 saturated carbocycles. The van der Waals surface area contributed by atoms with Gasteiger partial charge >= 0.3 is 18.1 Å². The molecule has 36 heavy (non-hydrogen) atoms. The second-order valence-corrected chi connectivity index (χ2v) is 13.7. The highest BCUT2D eigenvalue weighted by atomic mass is 32.2. The largest absolute Gasteiger partial charge is 0.465 e. The van der Waals surface area contributed by atoms with E-state index in [2.05, 4.69) is 6.92 Å². The summed E-state index contributed by atoms with van der Waals surface area (Å²) < 4.78 is 81.4. The highest BCUT2D eigenvalue weighted by Crippen LogP contribution is 2.53. The number of fused-ring (bicyclic) bond motifs is 4. The molecule has 0 aromatic rings. The molecule has 7 atom stereocenters. The Kier molecular flexibility index (Phi) is 7.74. The summed E-state index contributed by atoms with van der Waals surface area (Å²) in [5, 5.41) is -3.18. The minimum atomic E-state index is -5.48. The number of carbonyl (C=O) groups excluding carboxylic acids is 2. The van der Waals surface area contributed by atoms with Crippen molar-refractivity contribution in [3.8, 4) is 0 Å². The predicted molar refractivity (Wildman–Crippen MR) is 123 cm³/mol. The second kappa shape index (κ2) is 10.1. The zero-order valence-electron chi connectivity index (χ0n) is 20.7. The first-order valence-electron chi connectivity index (χ1n) is 13.1. The summed E-state index contributed by atoms with van der Waals surface area (Å²) in [6, 6.07) is 0. The number of carbonyl (C=O) groups is 2. The van der Waals surface area contributed by atoms with E-state index in [9.17, 15) is 31.2 Å². The molecular weight excluding hydrogens is 501 g/mol. The molecule has 0 saturated heterocycles. The Labute approximate surface area is 210 Å². The molecular formula is C25H37F3O7S. The van der Waals surface area contributed by atoms with Crippen LogP contribution in [0, 0.1) is 34.5 Å². The molecule has 4 aliphatic carbocycles. The van der Waals surface area contributed by atoms with E-state index in [1.807, 2.05) is 0 Å². The van der Waals surface area contributed by atoms with Crippen molar-refractivity contribution in [3.05, 3.63) is 0 Å². The molecule has 4 rings (SSSR count). The number of hydrogen-bond acceptors (Lipinski definition) is 6. The van der Waals surface area contributed by atoms with Crippen molar-refractivity contribution in [2.45, 2.75) is 95.4 Å².